The Morgan fingerprint density at radius 2 is 1.71 bits per heavy atom. The van der Waals surface area contributed by atoms with Gasteiger partial charge in [0.15, 0.2) is 5.13 Å². The topological polar surface area (TPSA) is 42.2 Å². The van der Waals surface area contributed by atoms with Crippen LogP contribution in [0, 0.1) is 11.8 Å². The van der Waals surface area contributed by atoms with Crippen LogP contribution in [0.5, 0.6) is 0 Å². The molecule has 0 aromatic carbocycles. The molecule has 0 fully saturated rings. The van der Waals surface area contributed by atoms with E-state index >= 15 is 0 Å². The first kappa shape index (κ1) is 14.3. The van der Waals surface area contributed by atoms with E-state index in [0.29, 0.717) is 0 Å². The number of anilines is 2. The van der Waals surface area contributed by atoms with Gasteiger partial charge in [-0.15, -0.1) is 0 Å². The summed E-state index contributed by atoms with van der Waals surface area (Å²) < 4.78 is 0. The lowest BCUT2D eigenvalue weighted by atomic mass is 10.1. The van der Waals surface area contributed by atoms with Crippen molar-refractivity contribution in [1.29, 1.82) is 0 Å². The summed E-state index contributed by atoms with van der Waals surface area (Å²) in [4.78, 5) is 6.77. The smallest absolute Gasteiger partial charge is 0.187 e. The average molecular weight is 255 g/mol. The van der Waals surface area contributed by atoms with Crippen molar-refractivity contribution in [2.24, 2.45) is 11.8 Å². The molecule has 4 heteroatoms. The van der Waals surface area contributed by atoms with Crippen LogP contribution in [0.15, 0.2) is 6.20 Å². The van der Waals surface area contributed by atoms with Gasteiger partial charge in [-0.25, -0.2) is 4.98 Å². The van der Waals surface area contributed by atoms with Crippen LogP contribution >= 0.6 is 11.3 Å². The number of rotatable bonds is 7. The molecule has 0 aliphatic rings. The molecule has 0 atom stereocenters. The number of nitrogens with zero attached hydrogens (tertiary/aromatic N) is 2. The molecule has 0 spiro atoms. The number of aromatic nitrogens is 1. The summed E-state index contributed by atoms with van der Waals surface area (Å²) in [6.45, 7) is 11.2. The molecular weight excluding hydrogens is 230 g/mol. The fourth-order valence-corrected chi connectivity index (χ4v) is 2.29. The van der Waals surface area contributed by atoms with E-state index in [1.807, 2.05) is 0 Å². The summed E-state index contributed by atoms with van der Waals surface area (Å²) in [5.74, 6) is 1.46. The summed E-state index contributed by atoms with van der Waals surface area (Å²) in [7, 11) is 0. The van der Waals surface area contributed by atoms with Crippen molar-refractivity contribution in [3.05, 3.63) is 6.20 Å². The SMILES string of the molecule is CC(C)CCN(CCC(C)C)c1ncc(N)s1. The predicted octanol–water partition coefficient (Wildman–Crippen LogP) is 3.62. The van der Waals surface area contributed by atoms with Crippen molar-refractivity contribution < 1.29 is 0 Å². The molecule has 0 unspecified atom stereocenters. The summed E-state index contributed by atoms with van der Waals surface area (Å²) in [5.41, 5.74) is 5.76. The zero-order valence-electron chi connectivity index (χ0n) is 11.4. The van der Waals surface area contributed by atoms with Crippen LogP contribution in [0.1, 0.15) is 40.5 Å². The van der Waals surface area contributed by atoms with Crippen LogP contribution in [0.3, 0.4) is 0 Å². The van der Waals surface area contributed by atoms with Gasteiger partial charge in [-0.2, -0.15) is 0 Å². The maximum Gasteiger partial charge on any atom is 0.187 e. The third kappa shape index (κ3) is 5.39. The predicted molar refractivity (Wildman–Crippen MR) is 77.6 cm³/mol. The normalized spacial score (nSPS) is 11.4. The summed E-state index contributed by atoms with van der Waals surface area (Å²) in [5, 5.41) is 1.88. The number of nitrogen functional groups attached to an aromatic ring is 1. The van der Waals surface area contributed by atoms with Gasteiger partial charge in [0.1, 0.15) is 5.00 Å². The first-order valence-electron chi connectivity index (χ1n) is 6.45. The first-order chi connectivity index (χ1) is 7.99. The molecule has 0 radical (unpaired) electrons. The third-order valence-electron chi connectivity index (χ3n) is 2.73. The Bertz CT molecular complexity index is 308. The fraction of sp³-hybridized carbons (Fsp3) is 0.769. The molecule has 0 saturated heterocycles. The molecular formula is C13H25N3S. The maximum atomic E-state index is 5.76. The van der Waals surface area contributed by atoms with Gasteiger partial charge in [0.2, 0.25) is 0 Å². The van der Waals surface area contributed by atoms with E-state index in [0.717, 1.165) is 35.1 Å². The van der Waals surface area contributed by atoms with E-state index in [1.54, 1.807) is 17.5 Å². The monoisotopic (exact) mass is 255 g/mol. The number of hydrogen-bond acceptors (Lipinski definition) is 4. The van der Waals surface area contributed by atoms with Crippen molar-refractivity contribution in [3.8, 4) is 0 Å². The number of hydrogen-bond donors (Lipinski definition) is 1. The van der Waals surface area contributed by atoms with Crippen LogP contribution < -0.4 is 10.6 Å². The van der Waals surface area contributed by atoms with E-state index in [-0.39, 0.29) is 0 Å². The Labute approximate surface area is 109 Å². The van der Waals surface area contributed by atoms with E-state index in [2.05, 4.69) is 37.6 Å². The molecule has 0 saturated carbocycles. The molecule has 0 amide bonds. The largest absolute Gasteiger partial charge is 0.389 e. The van der Waals surface area contributed by atoms with Crippen LogP contribution in [0.4, 0.5) is 10.1 Å². The van der Waals surface area contributed by atoms with Gasteiger partial charge in [-0.05, 0) is 24.7 Å². The van der Waals surface area contributed by atoms with Crippen molar-refractivity contribution in [3.63, 3.8) is 0 Å². The number of nitrogens with two attached hydrogens (primary N) is 1. The van der Waals surface area contributed by atoms with Crippen LogP contribution in [-0.4, -0.2) is 18.1 Å². The first-order valence-corrected chi connectivity index (χ1v) is 7.27. The van der Waals surface area contributed by atoms with Crippen LogP contribution in [0.25, 0.3) is 0 Å². The molecule has 1 aromatic heterocycles. The standard InChI is InChI=1S/C13H25N3S/c1-10(2)5-7-16(8-6-11(3)4)13-15-9-12(14)17-13/h9-11H,5-8,14H2,1-4H3. The second-order valence-electron chi connectivity index (χ2n) is 5.40. The zero-order valence-corrected chi connectivity index (χ0v) is 12.3. The summed E-state index contributed by atoms with van der Waals surface area (Å²) >= 11 is 1.59. The Kier molecular flexibility index (Phi) is 5.75. The summed E-state index contributed by atoms with van der Waals surface area (Å²) in [6, 6.07) is 0. The minimum Gasteiger partial charge on any atom is -0.389 e. The molecule has 1 rings (SSSR count). The molecule has 0 bridgehead atoms. The molecule has 0 aliphatic carbocycles. The maximum absolute atomic E-state index is 5.76. The second kappa shape index (κ2) is 6.84. The van der Waals surface area contributed by atoms with Gasteiger partial charge in [-0.3, -0.25) is 0 Å². The Balaban J connectivity index is 2.58. The highest BCUT2D eigenvalue weighted by atomic mass is 32.1. The Morgan fingerprint density at radius 3 is 2.06 bits per heavy atom. The number of thiazole rings is 1. The summed E-state index contributed by atoms with van der Waals surface area (Å²) in [6.07, 6.45) is 4.17. The lowest BCUT2D eigenvalue weighted by molar-refractivity contribution is 0.535. The highest BCUT2D eigenvalue weighted by molar-refractivity contribution is 7.19. The second-order valence-corrected chi connectivity index (χ2v) is 6.44. The quantitative estimate of drug-likeness (QED) is 0.809. The highest BCUT2D eigenvalue weighted by Gasteiger charge is 2.11. The van der Waals surface area contributed by atoms with Crippen molar-refractivity contribution >= 4 is 21.5 Å². The van der Waals surface area contributed by atoms with E-state index in [4.69, 9.17) is 5.73 Å². The minimum atomic E-state index is 0.730. The molecule has 0 aliphatic heterocycles. The molecule has 1 heterocycles. The van der Waals surface area contributed by atoms with E-state index in [9.17, 15) is 0 Å². The Morgan fingerprint density at radius 1 is 1.18 bits per heavy atom. The molecule has 3 nitrogen and oxygen atoms in total. The van der Waals surface area contributed by atoms with Crippen LogP contribution in [-0.2, 0) is 0 Å². The van der Waals surface area contributed by atoms with E-state index in [1.165, 1.54) is 12.8 Å². The molecule has 98 valence electrons. The van der Waals surface area contributed by atoms with Gasteiger partial charge in [0.05, 0.1) is 6.20 Å². The lowest BCUT2D eigenvalue weighted by Crippen LogP contribution is -2.27. The van der Waals surface area contributed by atoms with Crippen molar-refractivity contribution in [2.75, 3.05) is 23.7 Å². The average Bonchev–Trinajstić information content (AvgIpc) is 2.64. The van der Waals surface area contributed by atoms with E-state index < -0.39 is 0 Å². The van der Waals surface area contributed by atoms with Gasteiger partial charge < -0.3 is 10.6 Å². The van der Waals surface area contributed by atoms with Crippen LogP contribution in [0.2, 0.25) is 0 Å². The van der Waals surface area contributed by atoms with Crippen molar-refractivity contribution in [2.45, 2.75) is 40.5 Å². The minimum absolute atomic E-state index is 0.730. The van der Waals surface area contributed by atoms with Gasteiger partial charge in [0.25, 0.3) is 0 Å². The molecule has 17 heavy (non-hydrogen) atoms. The van der Waals surface area contributed by atoms with Gasteiger partial charge in [0, 0.05) is 13.1 Å². The molecule has 1 aromatic rings. The highest BCUT2D eigenvalue weighted by Crippen LogP contribution is 2.25. The van der Waals surface area contributed by atoms with Gasteiger partial charge in [-0.1, -0.05) is 39.0 Å². The fourth-order valence-electron chi connectivity index (χ4n) is 1.55. The third-order valence-corrected chi connectivity index (χ3v) is 3.62. The lowest BCUT2D eigenvalue weighted by Gasteiger charge is -2.23. The molecule has 2 N–H and O–H groups in total. The zero-order chi connectivity index (χ0) is 12.8. The van der Waals surface area contributed by atoms with Crippen molar-refractivity contribution in [1.82, 2.24) is 4.98 Å². The van der Waals surface area contributed by atoms with Gasteiger partial charge >= 0.3 is 0 Å². The Hall–Kier alpha value is -0.770.